The Labute approximate surface area is 121 Å². The van der Waals surface area contributed by atoms with Crippen molar-refractivity contribution >= 4 is 33.4 Å². The Morgan fingerprint density at radius 1 is 1.30 bits per heavy atom. The molecule has 102 valence electrons. The first-order chi connectivity index (χ1) is 9.69. The number of hydrogen-bond acceptors (Lipinski definition) is 6. The molecule has 0 saturated carbocycles. The van der Waals surface area contributed by atoms with Crippen LogP contribution in [0, 0.1) is 0 Å². The van der Waals surface area contributed by atoms with E-state index in [1.165, 1.54) is 27.7 Å². The van der Waals surface area contributed by atoms with E-state index < -0.39 is 11.4 Å². The first-order valence-electron chi connectivity index (χ1n) is 5.81. The molecule has 2 heterocycles. The Morgan fingerprint density at radius 2 is 2.05 bits per heavy atom. The summed E-state index contributed by atoms with van der Waals surface area (Å²) in [5, 5.41) is 0. The normalized spacial score (nSPS) is 11.1. The highest BCUT2D eigenvalue weighted by atomic mass is 32.2. The van der Waals surface area contributed by atoms with Crippen molar-refractivity contribution in [2.75, 3.05) is 6.26 Å². The van der Waals surface area contributed by atoms with E-state index >= 15 is 0 Å². The molecular formula is C13H10N2O3S2. The molecular weight excluding hydrogens is 296 g/mol. The van der Waals surface area contributed by atoms with Gasteiger partial charge in [0.05, 0.1) is 6.54 Å². The summed E-state index contributed by atoms with van der Waals surface area (Å²) in [4.78, 5) is 28.0. The smallest absolute Gasteiger partial charge is 0.371 e. The van der Waals surface area contributed by atoms with E-state index in [-0.39, 0.29) is 0 Å². The van der Waals surface area contributed by atoms with Gasteiger partial charge in [0.1, 0.15) is 0 Å². The lowest BCUT2D eigenvalue weighted by Gasteiger charge is -2.04. The van der Waals surface area contributed by atoms with Crippen LogP contribution in [0.3, 0.4) is 0 Å². The van der Waals surface area contributed by atoms with Gasteiger partial charge in [-0.3, -0.25) is 4.57 Å². The molecule has 0 saturated heterocycles. The molecule has 0 unspecified atom stereocenters. The van der Waals surface area contributed by atoms with Crippen molar-refractivity contribution in [1.82, 2.24) is 9.55 Å². The van der Waals surface area contributed by atoms with Crippen LogP contribution < -0.4 is 11.4 Å². The van der Waals surface area contributed by atoms with E-state index in [9.17, 15) is 9.59 Å². The van der Waals surface area contributed by atoms with Gasteiger partial charge in [-0.2, -0.15) is 0 Å². The summed E-state index contributed by atoms with van der Waals surface area (Å²) in [6, 6.07) is 9.51. The molecule has 7 heteroatoms. The van der Waals surface area contributed by atoms with Crippen molar-refractivity contribution in [3.63, 3.8) is 0 Å². The summed E-state index contributed by atoms with van der Waals surface area (Å²) in [5.41, 5.74) is 0.722. The van der Waals surface area contributed by atoms with Gasteiger partial charge in [0.2, 0.25) is 0 Å². The molecule has 0 N–H and O–H groups in total. The van der Waals surface area contributed by atoms with Crippen LogP contribution in [0.1, 0.15) is 5.56 Å². The van der Waals surface area contributed by atoms with Gasteiger partial charge in [0, 0.05) is 0 Å². The molecule has 0 amide bonds. The molecule has 0 fully saturated rings. The van der Waals surface area contributed by atoms with Gasteiger partial charge in [0.15, 0.2) is 14.7 Å². The summed E-state index contributed by atoms with van der Waals surface area (Å²) in [6.07, 6.45) is 1.87. The lowest BCUT2D eigenvalue weighted by atomic mass is 10.2. The van der Waals surface area contributed by atoms with Crippen molar-refractivity contribution in [3.05, 3.63) is 56.9 Å². The van der Waals surface area contributed by atoms with Crippen LogP contribution in [0.2, 0.25) is 0 Å². The predicted molar refractivity (Wildman–Crippen MR) is 79.7 cm³/mol. The first kappa shape index (κ1) is 13.1. The molecule has 5 nitrogen and oxygen atoms in total. The Hall–Kier alpha value is -1.86. The molecule has 0 radical (unpaired) electrons. The Balaban J connectivity index is 2.21. The lowest BCUT2D eigenvalue weighted by Crippen LogP contribution is -2.25. The topological polar surface area (TPSA) is 65.1 Å². The monoisotopic (exact) mass is 306 g/mol. The van der Waals surface area contributed by atoms with Crippen LogP contribution in [0.5, 0.6) is 0 Å². The van der Waals surface area contributed by atoms with Crippen LogP contribution in [0.4, 0.5) is 0 Å². The Bertz CT molecular complexity index is 865. The van der Waals surface area contributed by atoms with Gasteiger partial charge >= 0.3 is 11.4 Å². The van der Waals surface area contributed by atoms with E-state index in [1.54, 1.807) is 0 Å². The van der Waals surface area contributed by atoms with Crippen LogP contribution in [0.25, 0.3) is 10.3 Å². The number of nitrogens with zero attached hydrogens (tertiary/aromatic N) is 2. The quantitative estimate of drug-likeness (QED) is 0.694. The van der Waals surface area contributed by atoms with Crippen molar-refractivity contribution in [3.8, 4) is 0 Å². The Kier molecular flexibility index (Phi) is 3.45. The molecule has 0 aliphatic heterocycles. The second-order valence-electron chi connectivity index (χ2n) is 4.06. The Morgan fingerprint density at radius 3 is 2.75 bits per heavy atom. The number of thioether (sulfide) groups is 1. The van der Waals surface area contributed by atoms with Gasteiger partial charge in [-0.1, -0.05) is 53.4 Å². The summed E-state index contributed by atoms with van der Waals surface area (Å²) in [7, 11) is 0. The molecule has 0 aliphatic rings. The third-order valence-corrected chi connectivity index (χ3v) is 4.80. The van der Waals surface area contributed by atoms with Crippen molar-refractivity contribution in [2.24, 2.45) is 0 Å². The highest BCUT2D eigenvalue weighted by molar-refractivity contribution is 8.00. The summed E-state index contributed by atoms with van der Waals surface area (Å²) >= 11 is 2.68. The molecule has 2 aromatic heterocycles. The predicted octanol–water partition coefficient (Wildman–Crippen LogP) is 2.18. The van der Waals surface area contributed by atoms with Crippen LogP contribution in [-0.4, -0.2) is 15.8 Å². The zero-order valence-electron chi connectivity index (χ0n) is 10.5. The van der Waals surface area contributed by atoms with Gasteiger partial charge in [-0.05, 0) is 11.8 Å². The average molecular weight is 306 g/mol. The SMILES string of the molecule is CSc1nc2c(s1)c(=O)oc(=O)n2Cc1ccccc1. The first-order valence-corrected chi connectivity index (χ1v) is 7.85. The number of fused-ring (bicyclic) bond motifs is 1. The number of rotatable bonds is 3. The second kappa shape index (κ2) is 5.26. The fourth-order valence-corrected chi connectivity index (χ4v) is 3.31. The van der Waals surface area contributed by atoms with Gasteiger partial charge in [0.25, 0.3) is 0 Å². The molecule has 0 bridgehead atoms. The molecule has 20 heavy (non-hydrogen) atoms. The van der Waals surface area contributed by atoms with Crippen LogP contribution in [0.15, 0.2) is 48.7 Å². The average Bonchev–Trinajstić information content (AvgIpc) is 2.89. The van der Waals surface area contributed by atoms with E-state index in [2.05, 4.69) is 4.98 Å². The minimum absolute atomic E-state index is 0.331. The summed E-state index contributed by atoms with van der Waals surface area (Å²) < 4.78 is 7.27. The van der Waals surface area contributed by atoms with E-state index in [1.807, 2.05) is 36.6 Å². The van der Waals surface area contributed by atoms with Gasteiger partial charge < -0.3 is 4.42 Å². The van der Waals surface area contributed by atoms with Gasteiger partial charge in [-0.15, -0.1) is 0 Å². The molecule has 0 atom stereocenters. The third-order valence-electron chi connectivity index (χ3n) is 2.79. The van der Waals surface area contributed by atoms with E-state index in [4.69, 9.17) is 4.42 Å². The maximum atomic E-state index is 11.9. The third kappa shape index (κ3) is 2.30. The number of benzene rings is 1. The van der Waals surface area contributed by atoms with Crippen molar-refractivity contribution < 1.29 is 4.42 Å². The maximum absolute atomic E-state index is 11.9. The zero-order valence-corrected chi connectivity index (χ0v) is 12.2. The number of aromatic nitrogens is 2. The largest absolute Gasteiger partial charge is 0.423 e. The molecule has 0 spiro atoms. The number of thiazole rings is 1. The van der Waals surface area contributed by atoms with Crippen LogP contribution in [-0.2, 0) is 6.54 Å². The van der Waals surface area contributed by atoms with Crippen molar-refractivity contribution in [2.45, 2.75) is 10.9 Å². The zero-order chi connectivity index (χ0) is 14.1. The van der Waals surface area contributed by atoms with E-state index in [0.717, 1.165) is 9.90 Å². The fraction of sp³-hybridized carbons (Fsp3) is 0.154. The highest BCUT2D eigenvalue weighted by Crippen LogP contribution is 2.25. The summed E-state index contributed by atoms with van der Waals surface area (Å²) in [5.74, 6) is -0.677. The molecule has 0 aliphatic carbocycles. The standard InChI is InChI=1S/C13H10N2O3S2/c1-19-12-14-10-9(20-12)11(16)18-13(17)15(10)7-8-5-3-2-4-6-8/h2-6H,7H2,1H3. The highest BCUT2D eigenvalue weighted by Gasteiger charge is 2.15. The fourth-order valence-electron chi connectivity index (χ4n) is 1.87. The maximum Gasteiger partial charge on any atom is 0.423 e. The molecule has 1 aromatic carbocycles. The lowest BCUT2D eigenvalue weighted by molar-refractivity contribution is 0.424. The minimum Gasteiger partial charge on any atom is -0.371 e. The summed E-state index contributed by atoms with van der Waals surface area (Å²) in [6.45, 7) is 0.331. The van der Waals surface area contributed by atoms with Crippen LogP contribution >= 0.6 is 23.1 Å². The molecule has 3 aromatic rings. The number of hydrogen-bond donors (Lipinski definition) is 0. The van der Waals surface area contributed by atoms with Gasteiger partial charge in [-0.25, -0.2) is 14.6 Å². The minimum atomic E-state index is -0.677. The van der Waals surface area contributed by atoms with E-state index in [0.29, 0.717) is 16.9 Å². The van der Waals surface area contributed by atoms with Crippen molar-refractivity contribution in [1.29, 1.82) is 0 Å². The second-order valence-corrected chi connectivity index (χ2v) is 6.12. The molecule has 3 rings (SSSR count).